The van der Waals surface area contributed by atoms with E-state index >= 15 is 0 Å². The second-order valence-corrected chi connectivity index (χ2v) is 16.2. The maximum Gasteiger partial charge on any atom is 0.351 e. The first kappa shape index (κ1) is 30.8. The highest BCUT2D eigenvalue weighted by Crippen LogP contribution is 2.51. The lowest BCUT2D eigenvalue weighted by Crippen LogP contribution is -2.67. The minimum atomic E-state index is -2.78. The van der Waals surface area contributed by atoms with Crippen molar-refractivity contribution in [3.8, 4) is 0 Å². The van der Waals surface area contributed by atoms with Crippen molar-refractivity contribution < 1.29 is 28.6 Å². The summed E-state index contributed by atoms with van der Waals surface area (Å²) in [6, 6.07) is 21.0. The van der Waals surface area contributed by atoms with E-state index in [1.165, 1.54) is 24.4 Å². The van der Waals surface area contributed by atoms with Gasteiger partial charge in [0, 0.05) is 25.4 Å². The minimum absolute atomic E-state index is 0.0375. The molecule has 1 aliphatic carbocycles. The number of rotatable bonds is 10. The predicted molar refractivity (Wildman–Crippen MR) is 156 cm³/mol. The number of ether oxygens (including phenoxy) is 2. The SMILES string of the molecule is COC(=O)[C@]1(OC(C)=O)C[C@H](C)C(CO[Si](c2ccccc2)(c2ccccc2)C(C)(C)C)=C[C@]1(C)CCCO. The molecular weight excluding hydrogens is 508 g/mol. The van der Waals surface area contributed by atoms with E-state index in [0.29, 0.717) is 19.4 Å². The smallest absolute Gasteiger partial charge is 0.351 e. The number of hydrogen-bond acceptors (Lipinski definition) is 6. The van der Waals surface area contributed by atoms with Gasteiger partial charge in [-0.05, 0) is 39.7 Å². The highest BCUT2D eigenvalue weighted by atomic mass is 28.4. The number of carbonyl (C=O) groups excluding carboxylic acids is 2. The van der Waals surface area contributed by atoms with Crippen LogP contribution in [0.5, 0.6) is 0 Å². The van der Waals surface area contributed by atoms with E-state index in [-0.39, 0.29) is 24.0 Å². The van der Waals surface area contributed by atoms with Crippen LogP contribution >= 0.6 is 0 Å². The summed E-state index contributed by atoms with van der Waals surface area (Å²) in [6.45, 7) is 12.3. The van der Waals surface area contributed by atoms with Crippen molar-refractivity contribution in [2.75, 3.05) is 20.3 Å². The summed E-state index contributed by atoms with van der Waals surface area (Å²) >= 11 is 0. The van der Waals surface area contributed by atoms with E-state index < -0.39 is 31.3 Å². The first-order chi connectivity index (χ1) is 18.4. The van der Waals surface area contributed by atoms with E-state index in [0.717, 1.165) is 5.57 Å². The van der Waals surface area contributed by atoms with Gasteiger partial charge in [0.25, 0.3) is 8.32 Å². The van der Waals surface area contributed by atoms with Gasteiger partial charge in [-0.3, -0.25) is 4.79 Å². The van der Waals surface area contributed by atoms with Crippen LogP contribution in [0, 0.1) is 11.3 Å². The number of benzene rings is 2. The number of carbonyl (C=O) groups is 2. The van der Waals surface area contributed by atoms with Crippen LogP contribution < -0.4 is 10.4 Å². The first-order valence-electron chi connectivity index (χ1n) is 13.7. The Labute approximate surface area is 234 Å². The molecule has 0 spiro atoms. The molecule has 2 aromatic rings. The molecule has 0 aliphatic heterocycles. The summed E-state index contributed by atoms with van der Waals surface area (Å²) in [5, 5.41) is 11.9. The highest BCUT2D eigenvalue weighted by Gasteiger charge is 2.60. The third-order valence-electron chi connectivity index (χ3n) is 8.21. The van der Waals surface area contributed by atoms with Crippen LogP contribution in [0.2, 0.25) is 5.04 Å². The van der Waals surface area contributed by atoms with Crippen molar-refractivity contribution >= 4 is 30.6 Å². The van der Waals surface area contributed by atoms with Gasteiger partial charge in [0.1, 0.15) is 0 Å². The zero-order valence-electron chi connectivity index (χ0n) is 24.5. The van der Waals surface area contributed by atoms with Crippen molar-refractivity contribution in [2.45, 2.75) is 71.4 Å². The predicted octanol–water partition coefficient (Wildman–Crippen LogP) is 4.78. The molecule has 3 atom stereocenters. The Morgan fingerprint density at radius 3 is 2.00 bits per heavy atom. The van der Waals surface area contributed by atoms with Crippen LogP contribution in [0.1, 0.15) is 60.8 Å². The van der Waals surface area contributed by atoms with Gasteiger partial charge in [0.05, 0.1) is 13.7 Å². The van der Waals surface area contributed by atoms with Crippen LogP contribution in [0.3, 0.4) is 0 Å². The Morgan fingerprint density at radius 2 is 1.56 bits per heavy atom. The number of hydrogen-bond donors (Lipinski definition) is 1. The van der Waals surface area contributed by atoms with Crippen molar-refractivity contribution in [1.82, 2.24) is 0 Å². The van der Waals surface area contributed by atoms with Crippen LogP contribution in [0.4, 0.5) is 0 Å². The average molecular weight is 553 g/mol. The van der Waals surface area contributed by atoms with Gasteiger partial charge in [-0.25, -0.2) is 4.79 Å². The van der Waals surface area contributed by atoms with Gasteiger partial charge in [0.2, 0.25) is 5.60 Å². The number of aliphatic hydroxyl groups excluding tert-OH is 1. The Hall–Kier alpha value is -2.74. The molecule has 0 heterocycles. The van der Waals surface area contributed by atoms with E-state index in [1.807, 2.05) is 26.0 Å². The molecule has 0 radical (unpaired) electrons. The molecule has 1 N–H and O–H groups in total. The standard InChI is InChI=1S/C32H44O6Si/c1-24-21-32(29(35)36-7,38-25(2)34)31(6,19-14-20-33)22-26(24)23-37-39(30(3,4)5,27-15-10-8-11-16-27)28-17-12-9-13-18-28/h8-13,15-18,22,24,33H,14,19-21,23H2,1-7H3/t24-,31-,32+/m0/s1. The lowest BCUT2D eigenvalue weighted by Gasteiger charge is -2.49. The van der Waals surface area contributed by atoms with Crippen LogP contribution in [0.15, 0.2) is 72.3 Å². The normalized spacial score (nSPS) is 23.6. The highest BCUT2D eigenvalue weighted by molar-refractivity contribution is 6.99. The molecule has 3 rings (SSSR count). The molecule has 6 nitrogen and oxygen atoms in total. The Bertz CT molecular complexity index is 1120. The number of esters is 2. The third-order valence-corrected chi connectivity index (χ3v) is 13.2. The summed E-state index contributed by atoms with van der Waals surface area (Å²) in [6.07, 6.45) is 3.22. The zero-order chi connectivity index (χ0) is 28.9. The van der Waals surface area contributed by atoms with E-state index in [1.54, 1.807) is 0 Å². The Kier molecular flexibility index (Phi) is 9.63. The molecule has 39 heavy (non-hydrogen) atoms. The molecule has 0 bridgehead atoms. The summed E-state index contributed by atoms with van der Waals surface area (Å²) in [4.78, 5) is 25.5. The van der Waals surface area contributed by atoms with Gasteiger partial charge in [-0.1, -0.05) is 101 Å². The molecule has 1 aliphatic rings. The molecule has 0 aromatic heterocycles. The Balaban J connectivity index is 2.14. The molecule has 0 saturated heterocycles. The van der Waals surface area contributed by atoms with Crippen LogP contribution in [-0.4, -0.2) is 51.3 Å². The molecule has 0 saturated carbocycles. The summed E-state index contributed by atoms with van der Waals surface area (Å²) < 4.78 is 18.2. The van der Waals surface area contributed by atoms with Gasteiger partial charge in [0.15, 0.2) is 0 Å². The van der Waals surface area contributed by atoms with E-state index in [2.05, 4.69) is 75.4 Å². The quantitative estimate of drug-likeness (QED) is 0.260. The summed E-state index contributed by atoms with van der Waals surface area (Å²) in [7, 11) is -1.47. The fourth-order valence-corrected chi connectivity index (χ4v) is 10.8. The van der Waals surface area contributed by atoms with Gasteiger partial charge in [-0.2, -0.15) is 0 Å². The largest absolute Gasteiger partial charge is 0.466 e. The monoisotopic (exact) mass is 552 g/mol. The lowest BCUT2D eigenvalue weighted by atomic mass is 9.61. The number of methoxy groups -OCH3 is 1. The summed E-state index contributed by atoms with van der Waals surface area (Å²) in [5.74, 6) is -1.22. The fraction of sp³-hybridized carbons (Fsp3) is 0.500. The van der Waals surface area contributed by atoms with Crippen molar-refractivity contribution in [2.24, 2.45) is 11.3 Å². The topological polar surface area (TPSA) is 82.1 Å². The molecule has 0 fully saturated rings. The second kappa shape index (κ2) is 12.2. The minimum Gasteiger partial charge on any atom is -0.466 e. The van der Waals surface area contributed by atoms with E-state index in [4.69, 9.17) is 13.9 Å². The van der Waals surface area contributed by atoms with Crippen LogP contribution in [0.25, 0.3) is 0 Å². The molecule has 7 heteroatoms. The average Bonchev–Trinajstić information content (AvgIpc) is 2.90. The Morgan fingerprint density at radius 1 is 1.03 bits per heavy atom. The van der Waals surface area contributed by atoms with Crippen molar-refractivity contribution in [1.29, 1.82) is 0 Å². The maximum atomic E-state index is 13.3. The molecule has 0 amide bonds. The summed E-state index contributed by atoms with van der Waals surface area (Å²) in [5.41, 5.74) is -1.32. The van der Waals surface area contributed by atoms with Gasteiger partial charge < -0.3 is 19.0 Å². The maximum absolute atomic E-state index is 13.3. The first-order valence-corrected chi connectivity index (χ1v) is 15.6. The number of aliphatic hydroxyl groups is 1. The molecule has 2 aromatic carbocycles. The fourth-order valence-electron chi connectivity index (χ4n) is 6.25. The van der Waals surface area contributed by atoms with Crippen molar-refractivity contribution in [3.63, 3.8) is 0 Å². The van der Waals surface area contributed by atoms with Gasteiger partial charge in [-0.15, -0.1) is 0 Å². The lowest BCUT2D eigenvalue weighted by molar-refractivity contribution is -0.197. The zero-order valence-corrected chi connectivity index (χ0v) is 25.5. The molecule has 0 unspecified atom stereocenters. The van der Waals surface area contributed by atoms with Gasteiger partial charge >= 0.3 is 11.9 Å². The van der Waals surface area contributed by atoms with Crippen LogP contribution in [-0.2, 0) is 23.5 Å². The molecular formula is C32H44O6Si. The van der Waals surface area contributed by atoms with Crippen molar-refractivity contribution in [3.05, 3.63) is 72.3 Å². The van der Waals surface area contributed by atoms with E-state index in [9.17, 15) is 14.7 Å². The second-order valence-electron chi connectivity index (χ2n) is 11.9. The third kappa shape index (κ3) is 5.91. The molecule has 212 valence electrons.